The van der Waals surface area contributed by atoms with Gasteiger partial charge in [-0.25, -0.2) is 73.4 Å². The molecule has 16 aromatic rings. The minimum atomic E-state index is -4.08. The number of anilines is 8. The second kappa shape index (κ2) is 41.3. The number of halogens is 3. The van der Waals surface area contributed by atoms with Crippen molar-refractivity contribution in [1.82, 2.24) is 29.6 Å². The zero-order valence-electron chi connectivity index (χ0n) is 76.3. The van der Waals surface area contributed by atoms with Crippen LogP contribution in [0.5, 0.6) is 0 Å². The minimum absolute atomic E-state index is 0.0625. The second-order valence-electron chi connectivity index (χ2n) is 33.2. The molecule has 4 aliphatic heterocycles. The van der Waals surface area contributed by atoms with E-state index in [0.29, 0.717) is 58.5 Å². The molecule has 0 radical (unpaired) electrons. The Morgan fingerprint density at radius 2 is 0.768 bits per heavy atom. The largest absolute Gasteiger partial charge is 0.359 e. The van der Waals surface area contributed by atoms with E-state index < -0.39 is 70.3 Å². The van der Waals surface area contributed by atoms with Crippen LogP contribution in [-0.2, 0) is 84.6 Å². The third-order valence-electron chi connectivity index (χ3n) is 23.6. The normalized spacial score (nSPS) is 15.5. The maximum absolute atomic E-state index is 13.3. The molecule has 0 unspecified atom stereocenters. The molecule has 0 saturated carbocycles. The lowest BCUT2D eigenvalue weighted by Gasteiger charge is -2.28. The first-order valence-corrected chi connectivity index (χ1v) is 55.7. The van der Waals surface area contributed by atoms with Gasteiger partial charge in [-0.05, 0) is 237 Å². The van der Waals surface area contributed by atoms with E-state index in [1.165, 1.54) is 65.0 Å². The van der Waals surface area contributed by atoms with Crippen LogP contribution in [0.4, 0.5) is 45.5 Å². The van der Waals surface area contributed by atoms with Gasteiger partial charge in [-0.1, -0.05) is 132 Å². The Morgan fingerprint density at radius 3 is 1.23 bits per heavy atom. The topological polar surface area (TPSA) is 421 Å². The molecule has 11 aromatic carbocycles. The molecule has 0 aliphatic carbocycles. The Bertz CT molecular complexity index is 8320. The monoisotopic (exact) mass is 2100 g/mol. The van der Waals surface area contributed by atoms with E-state index >= 15 is 0 Å². The van der Waals surface area contributed by atoms with Crippen LogP contribution in [-0.4, -0.2) is 160 Å². The fourth-order valence-corrected chi connectivity index (χ4v) is 25.9. The molecular weight excluding hydrogens is 2020 g/mol. The number of ether oxygens (including phenoxy) is 3. The van der Waals surface area contributed by atoms with Crippen molar-refractivity contribution in [3.05, 3.63) is 334 Å². The number of carbonyl (C=O) groups excluding carboxylic acids is 1. The van der Waals surface area contributed by atoms with Gasteiger partial charge in [0.15, 0.2) is 0 Å². The maximum atomic E-state index is 13.3. The number of aryl methyl sites for hydroxylation is 5. The van der Waals surface area contributed by atoms with Crippen LogP contribution in [0.3, 0.4) is 0 Å². The van der Waals surface area contributed by atoms with Gasteiger partial charge in [0.2, 0.25) is 30.1 Å². The first kappa shape index (κ1) is 100. The van der Waals surface area contributed by atoms with E-state index in [1.54, 1.807) is 86.3 Å². The van der Waals surface area contributed by atoms with Crippen molar-refractivity contribution in [2.75, 3.05) is 107 Å². The van der Waals surface area contributed by atoms with E-state index in [2.05, 4.69) is 44.1 Å². The third-order valence-corrected chi connectivity index (χ3v) is 35.8. The highest BCUT2D eigenvalue weighted by Gasteiger charge is 2.34. The second-order valence-corrected chi connectivity index (χ2v) is 47.1. The Balaban J connectivity index is 0.000000130. The molecule has 42 heteroatoms. The van der Waals surface area contributed by atoms with Crippen LogP contribution < -0.4 is 41.4 Å². The number of hydrogen-bond acceptors (Lipinski definition) is 23. The Labute approximate surface area is 836 Å². The molecule has 32 nitrogen and oxygen atoms in total. The van der Waals surface area contributed by atoms with Crippen LogP contribution in [0.2, 0.25) is 15.1 Å². The van der Waals surface area contributed by atoms with Crippen molar-refractivity contribution >= 4 is 200 Å². The summed E-state index contributed by atoms with van der Waals surface area (Å²) >= 11 is 19.0. The number of amides is 1. The van der Waals surface area contributed by atoms with E-state index in [4.69, 9.17) is 54.0 Å². The van der Waals surface area contributed by atoms with Crippen LogP contribution in [0.15, 0.2) is 300 Å². The van der Waals surface area contributed by atoms with E-state index in [9.17, 15) is 63.7 Å². The third kappa shape index (κ3) is 22.1. The van der Waals surface area contributed by atoms with Crippen LogP contribution >= 0.6 is 34.8 Å². The summed E-state index contributed by atoms with van der Waals surface area (Å²) in [6.07, 6.45) is 6.90. The lowest BCUT2D eigenvalue weighted by molar-refractivity contribution is 0.102. The van der Waals surface area contributed by atoms with Gasteiger partial charge in [0.1, 0.15) is 30.0 Å². The van der Waals surface area contributed by atoms with Gasteiger partial charge in [-0.2, -0.15) is 13.1 Å². The van der Waals surface area contributed by atoms with Gasteiger partial charge in [0.25, 0.3) is 36.0 Å². The molecule has 20 rings (SSSR count). The van der Waals surface area contributed by atoms with Gasteiger partial charge in [-0.15, -0.1) is 0 Å². The zero-order valence-corrected chi connectivity index (χ0v) is 84.3. The number of fused-ring (bicyclic) bond motifs is 4. The predicted molar refractivity (Wildman–Crippen MR) is 557 cm³/mol. The molecule has 0 bridgehead atoms. The van der Waals surface area contributed by atoms with Crippen LogP contribution in [0, 0.1) is 34.6 Å². The summed E-state index contributed by atoms with van der Waals surface area (Å²) in [5.74, 6) is -0.826. The zero-order chi connectivity index (χ0) is 100. The maximum Gasteiger partial charge on any atom is 0.301 e. The smallest absolute Gasteiger partial charge is 0.301 e. The number of carbonyl (C=O) groups is 1. The molecule has 5 aromatic heterocycles. The number of pyridine rings is 5. The highest BCUT2D eigenvalue weighted by Crippen LogP contribution is 2.40. The number of benzene rings is 11. The van der Waals surface area contributed by atoms with Gasteiger partial charge >= 0.3 is 10.2 Å². The Morgan fingerprint density at radius 1 is 0.373 bits per heavy atom. The number of nitrogens with zero attached hydrogens (tertiary/aromatic N) is 9. The summed E-state index contributed by atoms with van der Waals surface area (Å²) in [6, 6.07) is 75.4. The molecule has 1 amide bonds. The highest BCUT2D eigenvalue weighted by atomic mass is 35.5. The summed E-state index contributed by atoms with van der Waals surface area (Å²) < 4.78 is 208. The molecular formula is C100H89Cl3N14O18S7. The summed E-state index contributed by atoms with van der Waals surface area (Å²) in [7, 11) is -26.3. The average Bonchev–Trinajstić information content (AvgIpc) is 0.924. The number of aromatic nitrogens is 5. The summed E-state index contributed by atoms with van der Waals surface area (Å²) in [6.45, 7) is 10.0. The van der Waals surface area contributed by atoms with E-state index in [0.717, 1.165) is 118 Å². The Kier molecular flexibility index (Phi) is 29.1. The van der Waals surface area contributed by atoms with Crippen LogP contribution in [0.25, 0.3) is 88.4 Å². The van der Waals surface area contributed by atoms with Crippen molar-refractivity contribution in [3.8, 4) is 45.0 Å². The Hall–Kier alpha value is -13.4. The van der Waals surface area contributed by atoms with Gasteiger partial charge in [0.05, 0.1) is 119 Å². The van der Waals surface area contributed by atoms with Crippen molar-refractivity contribution in [2.24, 2.45) is 0 Å². The highest BCUT2D eigenvalue weighted by molar-refractivity contribution is 7.94. The standard InChI is InChI=1S/C26H25N3O5S2.C25H21ClN4O3S.C25H22ClN3O5S2.C24H21ClN4O5S2/c1-18-7-9-21(16-23(18)25-11-8-20-5-3-4-6-24(20)27-25)28-36(32,33)26-12-10-22(15-19(26)2)29-17-34-13-14-35(29,30)31;1-16-6-7-18(14-22(16)24-20-5-3-2-4-17(20)10-11-27-24)29-25(31)21-9-8-19(15-23(21)26)30-13-12-28-34(30,32)33;1-17-6-7-19(14-22(17)25-21-5-3-2-4-18(21)10-11-27-25)28-36(32,33)24-9-8-20(15-23(24)26)29-16-34-12-13-35(29,30)31;1-16-2-4-18(12-20(16)23-6-3-17-14-26-9-8-22(17)27-23)28-36(32,33)24-7-5-19(13-21(24)25)29-15-34-10-11-35(29,30)31/h3-12,15-16,28H,13-14,17H2,1-2H3;2-11,14-15,28H,12-13H2,1H3,(H,29,31);2-11,14-15,28H,12-13,16H2,1H3;2-9,12-14,28H,10-11,15H2,1H3. The number of para-hydroxylation sites is 1. The van der Waals surface area contributed by atoms with Gasteiger partial charge in [-0.3, -0.25) is 38.2 Å². The number of sulfonamides is 6. The van der Waals surface area contributed by atoms with E-state index in [-0.39, 0.29) is 110 Å². The first-order valence-electron chi connectivity index (χ1n) is 43.9. The van der Waals surface area contributed by atoms with Gasteiger partial charge in [0, 0.05) is 104 Å². The van der Waals surface area contributed by atoms with Gasteiger partial charge < -0.3 is 19.5 Å². The lowest BCUT2D eigenvalue weighted by Crippen LogP contribution is -2.41. The molecule has 142 heavy (non-hydrogen) atoms. The molecule has 0 atom stereocenters. The number of nitrogens with one attached hydrogen (secondary N) is 5. The van der Waals surface area contributed by atoms with Crippen molar-refractivity contribution in [2.45, 2.75) is 49.3 Å². The molecule has 9 heterocycles. The molecule has 4 fully saturated rings. The predicted octanol–water partition coefficient (Wildman–Crippen LogP) is 18.2. The summed E-state index contributed by atoms with van der Waals surface area (Å²) in [5.41, 5.74) is 15.4. The lowest BCUT2D eigenvalue weighted by atomic mass is 9.99. The van der Waals surface area contributed by atoms with Crippen molar-refractivity contribution < 1.29 is 77.9 Å². The summed E-state index contributed by atoms with van der Waals surface area (Å²) in [5, 5.41) is 8.87. The first-order chi connectivity index (χ1) is 67.8. The van der Waals surface area contributed by atoms with Crippen molar-refractivity contribution in [3.63, 3.8) is 0 Å². The minimum Gasteiger partial charge on any atom is -0.359 e. The number of hydrogen-bond donors (Lipinski definition) is 5. The molecule has 730 valence electrons. The fraction of sp³-hybridized carbons (Fsp3) is 0.160. The van der Waals surface area contributed by atoms with Crippen molar-refractivity contribution in [1.29, 1.82) is 0 Å². The molecule has 5 N–H and O–H groups in total. The summed E-state index contributed by atoms with van der Waals surface area (Å²) in [4.78, 5) is 35.4. The number of rotatable bonds is 19. The average molecular weight is 2110 g/mol. The quantitative estimate of drug-likeness (QED) is 0.0502. The fourth-order valence-electron chi connectivity index (χ4n) is 16.3. The van der Waals surface area contributed by atoms with Crippen LogP contribution in [0.1, 0.15) is 38.2 Å². The SMILES string of the molecule is Cc1ccc(NC(=O)c2ccc(N3CCNS3(=O)=O)cc2Cl)cc1-c1nccc2ccccc12.Cc1ccc(NS(=O)(=O)c2ccc(N3COCCS3(=O)=O)cc2C)cc1-c1ccc2ccccc2n1.Cc1ccc(NS(=O)(=O)c2ccc(N3COCCS3(=O)=O)cc2Cl)cc1-c1ccc2cnccc2n1.Cc1ccc(NS(=O)(=O)c2ccc(N3COCCS3(=O)=O)cc2Cl)cc1-c1nccc2ccccc12. The van der Waals surface area contributed by atoms with E-state index in [1.807, 2.05) is 173 Å². The molecule has 4 aliphatic rings. The molecule has 0 spiro atoms. The molecule has 4 saturated heterocycles.